The third-order valence-corrected chi connectivity index (χ3v) is 2.57. The van der Waals surface area contributed by atoms with Gasteiger partial charge >= 0.3 is 0 Å². The molecule has 0 saturated heterocycles. The molecule has 1 heterocycles. The van der Waals surface area contributed by atoms with Crippen LogP contribution in [0.4, 0.5) is 5.82 Å². The predicted octanol–water partition coefficient (Wildman–Crippen LogP) is 1.99. The lowest BCUT2D eigenvalue weighted by atomic mass is 10.2. The molecule has 0 fully saturated rings. The highest BCUT2D eigenvalue weighted by atomic mass is 16.3. The summed E-state index contributed by atoms with van der Waals surface area (Å²) in [6.45, 7) is 5.64. The lowest BCUT2D eigenvalue weighted by Gasteiger charge is -2.21. The Labute approximate surface area is 103 Å². The molecule has 0 unspecified atom stereocenters. The van der Waals surface area contributed by atoms with E-state index in [0.717, 1.165) is 36.5 Å². The fourth-order valence-corrected chi connectivity index (χ4v) is 1.72. The van der Waals surface area contributed by atoms with Crippen molar-refractivity contribution in [3.05, 3.63) is 23.4 Å². The smallest absolute Gasteiger partial charge is 0.129 e. The molecule has 0 amide bonds. The van der Waals surface area contributed by atoms with E-state index in [-0.39, 0.29) is 6.61 Å². The Kier molecular flexibility index (Phi) is 5.51. The van der Waals surface area contributed by atoms with Gasteiger partial charge in [0.05, 0.1) is 13.2 Å². The molecule has 1 aromatic rings. The van der Waals surface area contributed by atoms with E-state index in [1.807, 2.05) is 12.1 Å². The molecule has 0 bridgehead atoms. The average molecular weight is 232 g/mol. The molecule has 0 aliphatic carbocycles. The van der Waals surface area contributed by atoms with E-state index in [9.17, 15) is 5.11 Å². The first-order chi connectivity index (χ1) is 8.24. The number of terminal acetylenes is 1. The van der Waals surface area contributed by atoms with E-state index in [1.165, 1.54) is 0 Å². The van der Waals surface area contributed by atoms with E-state index in [1.54, 1.807) is 0 Å². The Balaban J connectivity index is 3.04. The topological polar surface area (TPSA) is 36.4 Å². The highest BCUT2D eigenvalue weighted by Gasteiger charge is 2.08. The quantitative estimate of drug-likeness (QED) is 0.762. The van der Waals surface area contributed by atoms with Gasteiger partial charge in [-0.3, -0.25) is 0 Å². The predicted molar refractivity (Wildman–Crippen MR) is 70.9 cm³/mol. The van der Waals surface area contributed by atoms with E-state index in [2.05, 4.69) is 29.7 Å². The Morgan fingerprint density at radius 1 is 1.41 bits per heavy atom. The first-order valence-electron chi connectivity index (χ1n) is 6.04. The lowest BCUT2D eigenvalue weighted by Crippen LogP contribution is -2.25. The maximum atomic E-state index is 9.24. The van der Waals surface area contributed by atoms with Crippen molar-refractivity contribution in [3.63, 3.8) is 0 Å². The van der Waals surface area contributed by atoms with Gasteiger partial charge in [-0.05, 0) is 30.5 Å². The zero-order valence-corrected chi connectivity index (χ0v) is 10.6. The summed E-state index contributed by atoms with van der Waals surface area (Å²) in [7, 11) is 0. The van der Waals surface area contributed by atoms with Gasteiger partial charge in [0.1, 0.15) is 5.82 Å². The molecule has 0 saturated carbocycles. The molecule has 0 aromatic carbocycles. The standard InChI is InChI=1S/C14H20N2O/c1-4-7-16(8-5-2)14-10-12(11-17)9-13(6-3)15-14/h1,9-10,17H,5-8,11H2,2-3H3. The van der Waals surface area contributed by atoms with Crippen LogP contribution in [-0.2, 0) is 13.0 Å². The van der Waals surface area contributed by atoms with Crippen LogP contribution in [0.3, 0.4) is 0 Å². The molecule has 3 nitrogen and oxygen atoms in total. The van der Waals surface area contributed by atoms with Crippen LogP contribution in [0.1, 0.15) is 31.5 Å². The first-order valence-corrected chi connectivity index (χ1v) is 6.04. The van der Waals surface area contributed by atoms with Gasteiger partial charge in [0, 0.05) is 12.2 Å². The SMILES string of the molecule is C#CCN(CCC)c1cc(CO)cc(CC)n1. The number of pyridine rings is 1. The van der Waals surface area contributed by atoms with E-state index in [4.69, 9.17) is 6.42 Å². The van der Waals surface area contributed by atoms with Crippen LogP contribution in [0.2, 0.25) is 0 Å². The van der Waals surface area contributed by atoms with Crippen LogP contribution < -0.4 is 4.90 Å². The van der Waals surface area contributed by atoms with E-state index in [0.29, 0.717) is 6.54 Å². The molecule has 92 valence electrons. The molecule has 0 aliphatic rings. The van der Waals surface area contributed by atoms with Crippen molar-refractivity contribution in [3.8, 4) is 12.3 Å². The Hall–Kier alpha value is -1.53. The zero-order valence-electron chi connectivity index (χ0n) is 10.6. The Bertz CT molecular complexity index is 373. The van der Waals surface area contributed by atoms with Gasteiger partial charge in [-0.1, -0.05) is 19.8 Å². The fraction of sp³-hybridized carbons (Fsp3) is 0.500. The van der Waals surface area contributed by atoms with Gasteiger partial charge in [0.25, 0.3) is 0 Å². The van der Waals surface area contributed by atoms with Crippen LogP contribution in [0.15, 0.2) is 12.1 Å². The zero-order chi connectivity index (χ0) is 12.7. The molecule has 17 heavy (non-hydrogen) atoms. The monoisotopic (exact) mass is 232 g/mol. The van der Waals surface area contributed by atoms with Crippen molar-refractivity contribution in [1.82, 2.24) is 4.98 Å². The fourth-order valence-electron chi connectivity index (χ4n) is 1.72. The van der Waals surface area contributed by atoms with Gasteiger partial charge in [-0.25, -0.2) is 4.98 Å². The number of anilines is 1. The third kappa shape index (κ3) is 3.76. The Morgan fingerprint density at radius 2 is 2.18 bits per heavy atom. The molecule has 1 rings (SSSR count). The third-order valence-electron chi connectivity index (χ3n) is 2.57. The van der Waals surface area contributed by atoms with Crippen molar-refractivity contribution in [2.75, 3.05) is 18.0 Å². The van der Waals surface area contributed by atoms with Crippen LogP contribution in [0, 0.1) is 12.3 Å². The van der Waals surface area contributed by atoms with Gasteiger partial charge in [0.2, 0.25) is 0 Å². The number of aromatic nitrogens is 1. The summed E-state index contributed by atoms with van der Waals surface area (Å²) < 4.78 is 0. The molecular weight excluding hydrogens is 212 g/mol. The van der Waals surface area contributed by atoms with Crippen LogP contribution in [-0.4, -0.2) is 23.2 Å². The van der Waals surface area contributed by atoms with Gasteiger partial charge in [-0.15, -0.1) is 6.42 Å². The summed E-state index contributed by atoms with van der Waals surface area (Å²) >= 11 is 0. The molecule has 0 aliphatic heterocycles. The molecule has 3 heteroatoms. The minimum atomic E-state index is 0.0402. The van der Waals surface area contributed by atoms with Crippen LogP contribution in [0.5, 0.6) is 0 Å². The first kappa shape index (κ1) is 13.5. The number of nitrogens with zero attached hydrogens (tertiary/aromatic N) is 2. The van der Waals surface area contributed by atoms with Crippen molar-refractivity contribution in [2.24, 2.45) is 0 Å². The summed E-state index contributed by atoms with van der Waals surface area (Å²) in [5.41, 5.74) is 1.88. The number of rotatable bonds is 6. The number of hydrogen-bond acceptors (Lipinski definition) is 3. The minimum Gasteiger partial charge on any atom is -0.392 e. The summed E-state index contributed by atoms with van der Waals surface area (Å²) in [4.78, 5) is 6.62. The highest BCUT2D eigenvalue weighted by Crippen LogP contribution is 2.16. The summed E-state index contributed by atoms with van der Waals surface area (Å²) in [6.07, 6.45) is 7.25. The molecular formula is C14H20N2O. The van der Waals surface area contributed by atoms with Crippen molar-refractivity contribution < 1.29 is 5.11 Å². The molecule has 1 aromatic heterocycles. The average Bonchev–Trinajstić information content (AvgIpc) is 2.37. The van der Waals surface area contributed by atoms with Gasteiger partial charge in [0.15, 0.2) is 0 Å². The summed E-state index contributed by atoms with van der Waals surface area (Å²) in [5.74, 6) is 3.52. The number of aliphatic hydroxyl groups excluding tert-OH is 1. The molecule has 1 N–H and O–H groups in total. The minimum absolute atomic E-state index is 0.0402. The second-order valence-electron chi connectivity index (χ2n) is 3.96. The largest absolute Gasteiger partial charge is 0.392 e. The van der Waals surface area contributed by atoms with Gasteiger partial charge < -0.3 is 10.0 Å². The second kappa shape index (κ2) is 6.93. The number of aryl methyl sites for hydroxylation is 1. The van der Waals surface area contributed by atoms with Gasteiger partial charge in [-0.2, -0.15) is 0 Å². The van der Waals surface area contributed by atoms with Crippen LogP contribution >= 0.6 is 0 Å². The normalized spacial score (nSPS) is 10.0. The highest BCUT2D eigenvalue weighted by molar-refractivity contribution is 5.43. The van der Waals surface area contributed by atoms with Crippen molar-refractivity contribution >= 4 is 5.82 Å². The Morgan fingerprint density at radius 3 is 2.71 bits per heavy atom. The van der Waals surface area contributed by atoms with E-state index < -0.39 is 0 Å². The maximum Gasteiger partial charge on any atom is 0.129 e. The number of hydrogen-bond donors (Lipinski definition) is 1. The second-order valence-corrected chi connectivity index (χ2v) is 3.96. The summed E-state index contributed by atoms with van der Waals surface area (Å²) in [5, 5.41) is 9.24. The van der Waals surface area contributed by atoms with Crippen molar-refractivity contribution in [1.29, 1.82) is 0 Å². The van der Waals surface area contributed by atoms with Crippen LogP contribution in [0.25, 0.3) is 0 Å². The number of aliphatic hydroxyl groups is 1. The molecule has 0 radical (unpaired) electrons. The molecule has 0 spiro atoms. The molecule has 0 atom stereocenters. The van der Waals surface area contributed by atoms with E-state index >= 15 is 0 Å². The maximum absolute atomic E-state index is 9.24. The lowest BCUT2D eigenvalue weighted by molar-refractivity contribution is 0.281. The summed E-state index contributed by atoms with van der Waals surface area (Å²) in [6, 6.07) is 3.84. The van der Waals surface area contributed by atoms with Crippen molar-refractivity contribution in [2.45, 2.75) is 33.3 Å².